The highest BCUT2D eigenvalue weighted by molar-refractivity contribution is 6.13. The average Bonchev–Trinajstić information content (AvgIpc) is 3.69. The number of fused-ring (bicyclic) bond motifs is 3. The summed E-state index contributed by atoms with van der Waals surface area (Å²) < 4.78 is 2.37. The molecule has 0 fully saturated rings. The van der Waals surface area contributed by atoms with Gasteiger partial charge in [-0.1, -0.05) is 184 Å². The van der Waals surface area contributed by atoms with E-state index in [2.05, 4.69) is 200 Å². The van der Waals surface area contributed by atoms with Crippen molar-refractivity contribution in [3.8, 4) is 16.8 Å². The van der Waals surface area contributed by atoms with Crippen LogP contribution >= 0.6 is 0 Å². The van der Waals surface area contributed by atoms with Gasteiger partial charge in [0.2, 0.25) is 0 Å². The van der Waals surface area contributed by atoms with E-state index in [0.717, 1.165) is 57.0 Å². The second-order valence-electron chi connectivity index (χ2n) is 16.2. The third kappa shape index (κ3) is 9.28. The third-order valence-corrected chi connectivity index (χ3v) is 11.7. The molecule has 1 heterocycles. The number of nitrogens with zero attached hydrogens (tertiary/aromatic N) is 2. The van der Waals surface area contributed by atoms with Crippen LogP contribution in [0.2, 0.25) is 0 Å². The molecule has 9 aromatic rings. The van der Waals surface area contributed by atoms with Crippen LogP contribution in [-0.2, 0) is 6.54 Å². The van der Waals surface area contributed by atoms with Crippen molar-refractivity contribution in [1.29, 1.82) is 0 Å². The summed E-state index contributed by atoms with van der Waals surface area (Å²) in [6.07, 6.45) is 9.90. The van der Waals surface area contributed by atoms with Gasteiger partial charge < -0.3 is 15.6 Å². The van der Waals surface area contributed by atoms with Gasteiger partial charge in [-0.05, 0) is 106 Å². The fourth-order valence-electron chi connectivity index (χ4n) is 8.50. The van der Waals surface area contributed by atoms with E-state index in [9.17, 15) is 0 Å². The van der Waals surface area contributed by atoms with E-state index >= 15 is 0 Å². The van der Waals surface area contributed by atoms with Crippen molar-refractivity contribution in [2.45, 2.75) is 32.7 Å². The van der Waals surface area contributed by atoms with Crippen LogP contribution in [-0.4, -0.2) is 10.3 Å². The fraction of sp³-hybridized carbons (Fsp3) is 0.0833. The lowest BCUT2D eigenvalue weighted by Crippen LogP contribution is -2.05. The Hall–Kier alpha value is -7.95. The fourth-order valence-corrected chi connectivity index (χ4v) is 8.50. The molecular weight excluding hydrogens is 777 g/mol. The molecule has 4 nitrogen and oxygen atoms in total. The molecule has 1 unspecified atom stereocenters. The second-order valence-corrected chi connectivity index (χ2v) is 16.2. The number of rotatable bonds is 14. The van der Waals surface area contributed by atoms with Crippen molar-refractivity contribution in [3.05, 3.63) is 258 Å². The molecule has 9 rings (SSSR count). The maximum atomic E-state index is 6.68. The minimum absolute atomic E-state index is 0.117. The number of anilines is 2. The lowest BCUT2D eigenvalue weighted by atomic mass is 9.93. The Morgan fingerprint density at radius 2 is 1.27 bits per heavy atom. The maximum absolute atomic E-state index is 6.68. The van der Waals surface area contributed by atoms with Gasteiger partial charge in [0.05, 0.1) is 23.3 Å². The number of hydrogen-bond acceptors (Lipinski definition) is 3. The second kappa shape index (κ2) is 19.4. The monoisotopic (exact) mass is 828 g/mol. The minimum atomic E-state index is 0.117. The molecule has 1 atom stereocenters. The Kier molecular flexibility index (Phi) is 12.6. The van der Waals surface area contributed by atoms with Crippen LogP contribution in [0.15, 0.2) is 236 Å². The standard InChI is InChI=1S/C60H52N4/c1-3-4-22-46(49-35-36-60-55(40-49)54-32-15-17-34-59(54)64(60)52-29-12-7-13-30-52)37-43(2)53-31-14-16-33-57(53)63-51-28-19-26-48(39-51)47-25-18-27-50(38-47)58(62-42-44-20-8-5-9-21-44)41-56(61)45-23-10-6-11-24-45/h4-41,43,63H,3,42,61H2,1-2H3/b22-4-,46-37+,56-41-,62-58?. The molecule has 8 aromatic carbocycles. The largest absolute Gasteiger partial charge is 0.398 e. The van der Waals surface area contributed by atoms with Gasteiger partial charge >= 0.3 is 0 Å². The molecule has 4 heteroatoms. The Morgan fingerprint density at radius 1 is 0.609 bits per heavy atom. The number of aromatic nitrogens is 1. The molecule has 0 saturated carbocycles. The average molecular weight is 829 g/mol. The van der Waals surface area contributed by atoms with Gasteiger partial charge in [-0.25, -0.2) is 0 Å². The molecule has 0 radical (unpaired) electrons. The number of allylic oxidation sites excluding steroid dienone is 5. The number of benzene rings is 8. The summed E-state index contributed by atoms with van der Waals surface area (Å²) in [5, 5.41) is 6.30. The molecule has 0 aliphatic rings. The maximum Gasteiger partial charge on any atom is 0.0671 e. The minimum Gasteiger partial charge on any atom is -0.398 e. The highest BCUT2D eigenvalue weighted by atomic mass is 15.0. The third-order valence-electron chi connectivity index (χ3n) is 11.7. The molecule has 312 valence electrons. The number of hydrogen-bond donors (Lipinski definition) is 2. The lowest BCUT2D eigenvalue weighted by Gasteiger charge is -2.17. The first-order chi connectivity index (χ1) is 31.5. The lowest BCUT2D eigenvalue weighted by molar-refractivity contribution is 0.972. The van der Waals surface area contributed by atoms with Crippen molar-refractivity contribution < 1.29 is 0 Å². The van der Waals surface area contributed by atoms with Crippen molar-refractivity contribution in [2.75, 3.05) is 5.32 Å². The van der Waals surface area contributed by atoms with Crippen LogP contribution in [0.4, 0.5) is 11.4 Å². The van der Waals surface area contributed by atoms with Gasteiger partial charge in [-0.2, -0.15) is 0 Å². The molecule has 0 saturated heterocycles. The van der Waals surface area contributed by atoms with E-state index in [1.807, 2.05) is 54.6 Å². The van der Waals surface area contributed by atoms with Crippen molar-refractivity contribution >= 4 is 50.2 Å². The summed E-state index contributed by atoms with van der Waals surface area (Å²) in [4.78, 5) is 5.10. The summed E-state index contributed by atoms with van der Waals surface area (Å²) in [5.74, 6) is 0.117. The van der Waals surface area contributed by atoms with E-state index in [1.165, 1.54) is 38.5 Å². The van der Waals surface area contributed by atoms with Crippen LogP contribution in [0, 0.1) is 0 Å². The van der Waals surface area contributed by atoms with Crippen LogP contribution < -0.4 is 11.1 Å². The van der Waals surface area contributed by atoms with Crippen molar-refractivity contribution in [3.63, 3.8) is 0 Å². The van der Waals surface area contributed by atoms with Crippen LogP contribution in [0.25, 0.3) is 49.9 Å². The SMILES string of the molecule is CC/C=C\C(=C/C(C)c1ccccc1Nc1cccc(-c2cccc(C(/C=C(\N)c3ccccc3)=NCc3ccccc3)c2)c1)c1ccc2c(c1)c1ccccc1n2-c1ccccc1. The Balaban J connectivity index is 1.01. The molecule has 0 aliphatic heterocycles. The number of aliphatic imine (C=N–C) groups is 1. The van der Waals surface area contributed by atoms with E-state index in [4.69, 9.17) is 10.7 Å². The van der Waals surface area contributed by atoms with E-state index in [1.54, 1.807) is 0 Å². The first-order valence-corrected chi connectivity index (χ1v) is 22.2. The highest BCUT2D eigenvalue weighted by Gasteiger charge is 2.16. The van der Waals surface area contributed by atoms with Gasteiger partial charge in [0.1, 0.15) is 0 Å². The van der Waals surface area contributed by atoms with E-state index in [-0.39, 0.29) is 5.92 Å². The summed E-state index contributed by atoms with van der Waals surface area (Å²) >= 11 is 0. The molecule has 64 heavy (non-hydrogen) atoms. The van der Waals surface area contributed by atoms with Crippen molar-refractivity contribution in [2.24, 2.45) is 10.7 Å². The van der Waals surface area contributed by atoms with Crippen LogP contribution in [0.1, 0.15) is 54.0 Å². The number of para-hydroxylation sites is 3. The molecular formula is C60H52N4. The van der Waals surface area contributed by atoms with Gasteiger partial charge in [0.25, 0.3) is 0 Å². The summed E-state index contributed by atoms with van der Waals surface area (Å²) in [5.41, 5.74) is 22.8. The Morgan fingerprint density at radius 3 is 2.06 bits per heavy atom. The predicted molar refractivity (Wildman–Crippen MR) is 273 cm³/mol. The highest BCUT2D eigenvalue weighted by Crippen LogP contribution is 2.36. The molecule has 3 N–H and O–H groups in total. The molecule has 0 amide bonds. The van der Waals surface area contributed by atoms with Gasteiger partial charge in [-0.15, -0.1) is 0 Å². The zero-order chi connectivity index (χ0) is 43.7. The predicted octanol–water partition coefficient (Wildman–Crippen LogP) is 15.3. The zero-order valence-corrected chi connectivity index (χ0v) is 36.4. The summed E-state index contributed by atoms with van der Waals surface area (Å²) in [6.45, 7) is 5.03. The number of nitrogens with two attached hydrogens (primary N) is 1. The topological polar surface area (TPSA) is 55.3 Å². The molecule has 0 bridgehead atoms. The van der Waals surface area contributed by atoms with Crippen LogP contribution in [0.3, 0.4) is 0 Å². The Labute approximate surface area is 377 Å². The normalized spacial score (nSPS) is 12.9. The Bertz CT molecular complexity index is 3150. The molecule has 0 spiro atoms. The first-order valence-electron chi connectivity index (χ1n) is 22.2. The van der Waals surface area contributed by atoms with E-state index < -0.39 is 0 Å². The molecule has 1 aromatic heterocycles. The van der Waals surface area contributed by atoms with Crippen molar-refractivity contribution in [1.82, 2.24) is 4.57 Å². The molecule has 0 aliphatic carbocycles. The zero-order valence-electron chi connectivity index (χ0n) is 36.4. The smallest absolute Gasteiger partial charge is 0.0671 e. The van der Waals surface area contributed by atoms with Gasteiger partial charge in [0, 0.05) is 45.0 Å². The van der Waals surface area contributed by atoms with E-state index in [0.29, 0.717) is 12.2 Å². The summed E-state index contributed by atoms with van der Waals surface area (Å²) in [7, 11) is 0. The van der Waals surface area contributed by atoms with Crippen LogP contribution in [0.5, 0.6) is 0 Å². The summed E-state index contributed by atoms with van der Waals surface area (Å²) in [6, 6.07) is 72.5. The van der Waals surface area contributed by atoms with Gasteiger partial charge in [0.15, 0.2) is 0 Å². The van der Waals surface area contributed by atoms with Gasteiger partial charge in [-0.3, -0.25) is 4.99 Å². The number of nitrogens with one attached hydrogen (secondary N) is 1. The first kappa shape index (κ1) is 41.4. The quantitative estimate of drug-likeness (QED) is 0.0847.